The molecule has 0 spiro atoms. The van der Waals surface area contributed by atoms with E-state index in [0.717, 1.165) is 31.6 Å². The number of carbonyl (C=O) groups is 2. The monoisotopic (exact) mass is 478 g/mol. The summed E-state index contributed by atoms with van der Waals surface area (Å²) < 4.78 is 20.4. The number of hydrogen-bond donors (Lipinski definition) is 1. The number of benzene rings is 2. The molecule has 8 heteroatoms. The van der Waals surface area contributed by atoms with Crippen molar-refractivity contribution in [3.8, 4) is 5.75 Å². The van der Waals surface area contributed by atoms with E-state index in [0.29, 0.717) is 36.7 Å². The number of hydrogen-bond acceptors (Lipinski definition) is 6. The lowest BCUT2D eigenvalue weighted by molar-refractivity contribution is -0.120. The van der Waals surface area contributed by atoms with Crippen LogP contribution in [0.3, 0.4) is 0 Å². The van der Waals surface area contributed by atoms with Crippen LogP contribution in [-0.4, -0.2) is 61.1 Å². The number of rotatable bonds is 6. The molecule has 0 radical (unpaired) electrons. The molecule has 0 aliphatic carbocycles. The summed E-state index contributed by atoms with van der Waals surface area (Å²) in [6, 6.07) is 14.1. The Balaban J connectivity index is 1.54. The van der Waals surface area contributed by atoms with Crippen LogP contribution < -0.4 is 15.1 Å². The van der Waals surface area contributed by atoms with Gasteiger partial charge in [-0.1, -0.05) is 37.3 Å². The zero-order valence-corrected chi connectivity index (χ0v) is 20.2. The summed E-state index contributed by atoms with van der Waals surface area (Å²) >= 11 is 0. The highest BCUT2D eigenvalue weighted by Crippen LogP contribution is 2.50. The largest absolute Gasteiger partial charge is 0.489 e. The number of ketones is 1. The van der Waals surface area contributed by atoms with Crippen LogP contribution in [0.1, 0.15) is 32.3 Å². The first-order valence-electron chi connectivity index (χ1n) is 12.3. The van der Waals surface area contributed by atoms with E-state index >= 15 is 0 Å². The molecule has 1 fully saturated rings. The van der Waals surface area contributed by atoms with Crippen LogP contribution in [0.15, 0.2) is 53.6 Å². The minimum Gasteiger partial charge on any atom is -0.489 e. The highest BCUT2D eigenvalue weighted by molar-refractivity contribution is 6.43. The first-order chi connectivity index (χ1) is 16.9. The van der Waals surface area contributed by atoms with Crippen molar-refractivity contribution in [2.75, 3.05) is 37.8 Å². The molecule has 1 N–H and O–H groups in total. The number of nitrogens with one attached hydrogen (secondary N) is 1. The molecule has 2 unspecified atom stereocenters. The van der Waals surface area contributed by atoms with Gasteiger partial charge in [0, 0.05) is 39.0 Å². The number of amides is 1. The molecule has 3 heterocycles. The standard InChI is InChI=1S/C27H31FN4O3/c1-18(10-13-31-14-11-25(34)29-12-15-31)27(20-6-4-3-5-7-20)24-17-35-23-9-8-21(28)16-22(23)32(24)30-26(27)19(2)33/h3-9,16,18,24H,10-15,17H2,1-2H3,(H,29,34)/t18?,24?,27-/m0/s1. The van der Waals surface area contributed by atoms with Crippen molar-refractivity contribution in [1.82, 2.24) is 10.2 Å². The van der Waals surface area contributed by atoms with Crippen molar-refractivity contribution in [3.05, 3.63) is 59.9 Å². The Labute approximate surface area is 204 Å². The van der Waals surface area contributed by atoms with Crippen molar-refractivity contribution in [3.63, 3.8) is 0 Å². The highest BCUT2D eigenvalue weighted by atomic mass is 19.1. The maximum atomic E-state index is 14.2. The number of fused-ring (bicyclic) bond motifs is 3. The van der Waals surface area contributed by atoms with Gasteiger partial charge in [0.2, 0.25) is 5.91 Å². The van der Waals surface area contributed by atoms with Gasteiger partial charge in [0.1, 0.15) is 35.6 Å². The molecule has 0 bridgehead atoms. The van der Waals surface area contributed by atoms with Crippen LogP contribution >= 0.6 is 0 Å². The number of anilines is 1. The van der Waals surface area contributed by atoms with E-state index < -0.39 is 5.41 Å². The van der Waals surface area contributed by atoms with Crippen molar-refractivity contribution in [2.45, 2.75) is 38.1 Å². The summed E-state index contributed by atoms with van der Waals surface area (Å²) in [5.74, 6) is 0.199. The Morgan fingerprint density at radius 3 is 2.83 bits per heavy atom. The molecule has 3 atom stereocenters. The molecule has 5 rings (SSSR count). The van der Waals surface area contributed by atoms with E-state index in [9.17, 15) is 14.0 Å². The molecule has 3 aliphatic rings. The molecule has 2 aromatic rings. The molecule has 184 valence electrons. The second-order valence-electron chi connectivity index (χ2n) is 9.65. The van der Waals surface area contributed by atoms with E-state index in [1.54, 1.807) is 18.0 Å². The lowest BCUT2D eigenvalue weighted by Gasteiger charge is -2.45. The fraction of sp³-hybridized carbons (Fsp3) is 0.444. The number of ether oxygens (including phenoxy) is 1. The van der Waals surface area contributed by atoms with Gasteiger partial charge in [-0.2, -0.15) is 5.10 Å². The quantitative estimate of drug-likeness (QED) is 0.691. The molecule has 3 aliphatic heterocycles. The first-order valence-corrected chi connectivity index (χ1v) is 12.3. The summed E-state index contributed by atoms with van der Waals surface area (Å²) in [5.41, 5.74) is 1.30. The van der Waals surface area contributed by atoms with Crippen molar-refractivity contribution >= 4 is 23.1 Å². The number of carbonyl (C=O) groups excluding carboxylic acids is 2. The average molecular weight is 479 g/mol. The van der Waals surface area contributed by atoms with Gasteiger partial charge in [-0.3, -0.25) is 14.6 Å². The van der Waals surface area contributed by atoms with Crippen LogP contribution in [0.25, 0.3) is 0 Å². The fourth-order valence-electron chi connectivity index (χ4n) is 5.89. The third-order valence-electron chi connectivity index (χ3n) is 7.63. The minimum atomic E-state index is -0.725. The molecule has 0 saturated carbocycles. The van der Waals surface area contributed by atoms with E-state index in [4.69, 9.17) is 9.84 Å². The Morgan fingerprint density at radius 2 is 2.06 bits per heavy atom. The molecule has 1 amide bonds. The molecule has 7 nitrogen and oxygen atoms in total. The van der Waals surface area contributed by atoms with E-state index in [-0.39, 0.29) is 29.5 Å². The zero-order chi connectivity index (χ0) is 24.6. The molecule has 35 heavy (non-hydrogen) atoms. The van der Waals surface area contributed by atoms with Gasteiger partial charge >= 0.3 is 0 Å². The molecule has 2 aromatic carbocycles. The molecular formula is C27H31FN4O3. The summed E-state index contributed by atoms with van der Waals surface area (Å²) in [6.07, 6.45) is 1.29. The van der Waals surface area contributed by atoms with Crippen molar-refractivity contribution in [1.29, 1.82) is 0 Å². The van der Waals surface area contributed by atoms with E-state index in [1.165, 1.54) is 12.1 Å². The Morgan fingerprint density at radius 1 is 1.26 bits per heavy atom. The Bertz CT molecular complexity index is 1150. The van der Waals surface area contributed by atoms with Crippen molar-refractivity contribution in [2.24, 2.45) is 11.0 Å². The van der Waals surface area contributed by atoms with Gasteiger partial charge in [-0.05, 0) is 36.6 Å². The second-order valence-corrected chi connectivity index (χ2v) is 9.65. The Kier molecular flexibility index (Phi) is 6.32. The predicted molar refractivity (Wildman–Crippen MR) is 132 cm³/mol. The van der Waals surface area contributed by atoms with E-state index in [2.05, 4.69) is 17.1 Å². The molecule has 1 saturated heterocycles. The maximum Gasteiger partial charge on any atom is 0.221 e. The van der Waals surface area contributed by atoms with Crippen LogP contribution in [0.2, 0.25) is 0 Å². The number of Topliss-reactive ketones (excluding diaryl/α,β-unsaturated/α-hetero) is 1. The van der Waals surface area contributed by atoms with Crippen molar-refractivity contribution < 1.29 is 18.7 Å². The summed E-state index contributed by atoms with van der Waals surface area (Å²) in [4.78, 5) is 27.2. The van der Waals surface area contributed by atoms with Crippen LogP contribution in [0, 0.1) is 11.7 Å². The maximum absolute atomic E-state index is 14.2. The van der Waals surface area contributed by atoms with E-state index in [1.807, 2.05) is 30.3 Å². The zero-order valence-electron chi connectivity index (χ0n) is 20.2. The van der Waals surface area contributed by atoms with Gasteiger partial charge in [0.25, 0.3) is 0 Å². The topological polar surface area (TPSA) is 74.2 Å². The third-order valence-corrected chi connectivity index (χ3v) is 7.63. The lowest BCUT2D eigenvalue weighted by atomic mass is 9.61. The first kappa shape index (κ1) is 23.5. The van der Waals surface area contributed by atoms with Gasteiger partial charge in [0.05, 0.1) is 5.41 Å². The predicted octanol–water partition coefficient (Wildman–Crippen LogP) is 3.14. The molecule has 0 aromatic heterocycles. The van der Waals surface area contributed by atoms with Gasteiger partial charge in [-0.15, -0.1) is 0 Å². The van der Waals surface area contributed by atoms with Gasteiger partial charge < -0.3 is 15.0 Å². The number of hydrazone groups is 1. The minimum absolute atomic E-state index is 0.0215. The summed E-state index contributed by atoms with van der Waals surface area (Å²) in [6.45, 7) is 7.02. The molecular weight excluding hydrogens is 447 g/mol. The number of halogens is 1. The fourth-order valence-corrected chi connectivity index (χ4v) is 5.89. The Hall–Kier alpha value is -3.26. The van der Waals surface area contributed by atoms with Crippen LogP contribution in [0.4, 0.5) is 10.1 Å². The summed E-state index contributed by atoms with van der Waals surface area (Å²) in [5, 5.41) is 9.58. The summed E-state index contributed by atoms with van der Waals surface area (Å²) in [7, 11) is 0. The normalized spacial score (nSPS) is 25.0. The van der Waals surface area contributed by atoms with Crippen LogP contribution in [0.5, 0.6) is 5.75 Å². The highest BCUT2D eigenvalue weighted by Gasteiger charge is 2.58. The third kappa shape index (κ3) is 4.10. The van der Waals surface area contributed by atoms with Crippen LogP contribution in [-0.2, 0) is 15.0 Å². The average Bonchev–Trinajstić information content (AvgIpc) is 3.09. The van der Waals surface area contributed by atoms with Gasteiger partial charge in [-0.25, -0.2) is 4.39 Å². The SMILES string of the molecule is CC(=O)C1=NN2c3cc(F)ccc3OCC2[C@@]1(c1ccccc1)C(C)CCN1CCNC(=O)CC1. The number of nitrogens with zero attached hydrogens (tertiary/aromatic N) is 3. The lowest BCUT2D eigenvalue weighted by Crippen LogP contribution is -2.57. The van der Waals surface area contributed by atoms with Gasteiger partial charge in [0.15, 0.2) is 5.78 Å². The second kappa shape index (κ2) is 9.41. The smallest absolute Gasteiger partial charge is 0.221 e.